The van der Waals surface area contributed by atoms with Crippen LogP contribution >= 0.6 is 0 Å². The van der Waals surface area contributed by atoms with E-state index in [9.17, 15) is 10.2 Å². The summed E-state index contributed by atoms with van der Waals surface area (Å²) in [5.41, 5.74) is 6.17. The summed E-state index contributed by atoms with van der Waals surface area (Å²) in [6.07, 6.45) is 5.09. The van der Waals surface area contributed by atoms with E-state index in [1.54, 1.807) is 7.11 Å². The number of hydrogen-bond donors (Lipinski definition) is 2. The van der Waals surface area contributed by atoms with E-state index in [2.05, 4.69) is 54.3 Å². The molecule has 2 aliphatic heterocycles. The van der Waals surface area contributed by atoms with Gasteiger partial charge in [-0.3, -0.25) is 4.90 Å². The van der Waals surface area contributed by atoms with Crippen LogP contribution in [0.25, 0.3) is 6.08 Å². The van der Waals surface area contributed by atoms with Gasteiger partial charge in [0.15, 0.2) is 6.29 Å². The van der Waals surface area contributed by atoms with Crippen LogP contribution in [0.15, 0.2) is 42.0 Å². The Morgan fingerprint density at radius 1 is 1.06 bits per heavy atom. The van der Waals surface area contributed by atoms with Crippen LogP contribution in [0.1, 0.15) is 35.6 Å². The molecule has 2 aliphatic rings. The molecule has 5 heteroatoms. The summed E-state index contributed by atoms with van der Waals surface area (Å²) >= 11 is 0. The molecular weight excluding hydrogens is 390 g/mol. The van der Waals surface area contributed by atoms with Crippen LogP contribution in [0.5, 0.6) is 11.5 Å². The predicted molar refractivity (Wildman–Crippen MR) is 122 cm³/mol. The average molecular weight is 424 g/mol. The van der Waals surface area contributed by atoms with Gasteiger partial charge in [0.25, 0.3) is 0 Å². The van der Waals surface area contributed by atoms with Gasteiger partial charge in [-0.1, -0.05) is 37.6 Å². The number of aliphatic hydroxyl groups is 2. The molecule has 5 nitrogen and oxygen atoms in total. The lowest BCUT2D eigenvalue weighted by Crippen LogP contribution is -2.52. The van der Waals surface area contributed by atoms with Crippen molar-refractivity contribution in [3.63, 3.8) is 0 Å². The second kappa shape index (κ2) is 9.86. The first-order valence-electron chi connectivity index (χ1n) is 11.2. The third-order valence-electron chi connectivity index (χ3n) is 6.26. The Hall–Kier alpha value is -2.34. The molecule has 166 valence electrons. The molecule has 31 heavy (non-hydrogen) atoms. The summed E-state index contributed by atoms with van der Waals surface area (Å²) in [5.74, 6) is 1.90. The molecule has 0 unspecified atom stereocenters. The number of fused-ring (bicyclic) bond motifs is 1. The fourth-order valence-corrected chi connectivity index (χ4v) is 4.44. The smallest absolute Gasteiger partial charge is 0.156 e. The van der Waals surface area contributed by atoms with Gasteiger partial charge in [0.1, 0.15) is 18.1 Å². The zero-order chi connectivity index (χ0) is 21.8. The van der Waals surface area contributed by atoms with E-state index < -0.39 is 6.29 Å². The SMILES string of the molecule is CCCc1ccc(CCc2ccc3c(c2)OCC(CN2CC(C(O)O)C2)=C3)c(OC)c1. The van der Waals surface area contributed by atoms with Crippen molar-refractivity contribution in [3.8, 4) is 11.5 Å². The lowest BCUT2D eigenvalue weighted by Gasteiger charge is -2.40. The zero-order valence-corrected chi connectivity index (χ0v) is 18.5. The van der Waals surface area contributed by atoms with E-state index >= 15 is 0 Å². The summed E-state index contributed by atoms with van der Waals surface area (Å²) in [7, 11) is 1.75. The second-order valence-electron chi connectivity index (χ2n) is 8.73. The standard InChI is InChI=1S/C26H33NO4/c1-3-4-18-5-8-21(24(12-18)30-2)9-6-19-7-10-22-11-20(17-31-25(22)13-19)14-27-15-23(16-27)26(28)29/h5,7-8,10-13,23,26,28-29H,3-4,6,9,14-17H2,1-2H3. The number of hydrogen-bond acceptors (Lipinski definition) is 5. The lowest BCUT2D eigenvalue weighted by atomic mass is 9.97. The average Bonchev–Trinajstić information content (AvgIpc) is 2.74. The molecule has 0 aliphatic carbocycles. The third-order valence-corrected chi connectivity index (χ3v) is 6.26. The van der Waals surface area contributed by atoms with Crippen LogP contribution in [0.3, 0.4) is 0 Å². The van der Waals surface area contributed by atoms with E-state index in [-0.39, 0.29) is 5.92 Å². The first-order chi connectivity index (χ1) is 15.1. The monoisotopic (exact) mass is 423 g/mol. The molecule has 2 aromatic rings. The van der Waals surface area contributed by atoms with Crippen molar-refractivity contribution in [2.24, 2.45) is 5.92 Å². The number of rotatable bonds is 9. The van der Waals surface area contributed by atoms with E-state index in [1.807, 2.05) is 0 Å². The highest BCUT2D eigenvalue weighted by molar-refractivity contribution is 5.63. The van der Waals surface area contributed by atoms with Gasteiger partial charge in [-0.15, -0.1) is 0 Å². The minimum Gasteiger partial charge on any atom is -0.496 e. The maximum atomic E-state index is 9.21. The molecule has 2 aromatic carbocycles. The van der Waals surface area contributed by atoms with Crippen LogP contribution in [-0.4, -0.2) is 54.8 Å². The highest BCUT2D eigenvalue weighted by atomic mass is 16.5. The number of aliphatic hydroxyl groups excluding tert-OH is 1. The zero-order valence-electron chi connectivity index (χ0n) is 18.5. The fraction of sp³-hybridized carbons (Fsp3) is 0.462. The first-order valence-corrected chi connectivity index (χ1v) is 11.2. The Kier molecular flexibility index (Phi) is 6.96. The molecule has 0 atom stereocenters. The second-order valence-corrected chi connectivity index (χ2v) is 8.73. The molecule has 2 N–H and O–H groups in total. The van der Waals surface area contributed by atoms with Gasteiger partial charge in [0.2, 0.25) is 0 Å². The van der Waals surface area contributed by atoms with Crippen LogP contribution in [0.2, 0.25) is 0 Å². The van der Waals surface area contributed by atoms with Crippen LogP contribution in [0, 0.1) is 5.92 Å². The van der Waals surface area contributed by atoms with E-state index in [0.29, 0.717) is 6.61 Å². The number of likely N-dealkylation sites (tertiary alicyclic amines) is 1. The molecule has 0 aromatic heterocycles. The Bertz CT molecular complexity index is 931. The molecule has 4 rings (SSSR count). The van der Waals surface area contributed by atoms with Gasteiger partial charge in [-0.05, 0) is 59.7 Å². The number of nitrogens with zero attached hydrogens (tertiary/aromatic N) is 1. The largest absolute Gasteiger partial charge is 0.496 e. The van der Waals surface area contributed by atoms with Crippen LogP contribution < -0.4 is 9.47 Å². The third kappa shape index (κ3) is 5.29. The molecule has 1 fully saturated rings. The Morgan fingerprint density at radius 2 is 1.84 bits per heavy atom. The van der Waals surface area contributed by atoms with Gasteiger partial charge >= 0.3 is 0 Å². The van der Waals surface area contributed by atoms with Gasteiger partial charge in [0.05, 0.1) is 7.11 Å². The summed E-state index contributed by atoms with van der Waals surface area (Å²) in [4.78, 5) is 2.22. The molecule has 1 saturated heterocycles. The normalized spacial score (nSPS) is 16.5. The Morgan fingerprint density at radius 3 is 2.58 bits per heavy atom. The van der Waals surface area contributed by atoms with Crippen molar-refractivity contribution in [3.05, 3.63) is 64.2 Å². The van der Waals surface area contributed by atoms with E-state index in [4.69, 9.17) is 9.47 Å². The minimum atomic E-state index is -1.21. The van der Waals surface area contributed by atoms with Crippen molar-refractivity contribution in [2.45, 2.75) is 38.9 Å². The molecule has 0 bridgehead atoms. The summed E-state index contributed by atoms with van der Waals surface area (Å²) in [6.45, 7) is 5.05. The predicted octanol–water partition coefficient (Wildman–Crippen LogP) is 3.45. The van der Waals surface area contributed by atoms with Crippen molar-refractivity contribution < 1.29 is 19.7 Å². The van der Waals surface area contributed by atoms with Crippen LogP contribution in [-0.2, 0) is 19.3 Å². The molecule has 0 spiro atoms. The highest BCUT2D eigenvalue weighted by Gasteiger charge is 2.32. The van der Waals surface area contributed by atoms with Crippen LogP contribution in [0.4, 0.5) is 0 Å². The summed E-state index contributed by atoms with van der Waals surface area (Å²) in [5, 5.41) is 18.4. The van der Waals surface area contributed by atoms with E-state index in [0.717, 1.165) is 62.4 Å². The molecule has 2 heterocycles. The molecule has 0 amide bonds. The van der Waals surface area contributed by atoms with E-state index in [1.165, 1.54) is 22.3 Å². The highest BCUT2D eigenvalue weighted by Crippen LogP contribution is 2.30. The molecular formula is C26H33NO4. The fourth-order valence-electron chi connectivity index (χ4n) is 4.44. The number of benzene rings is 2. The van der Waals surface area contributed by atoms with Gasteiger partial charge in [-0.25, -0.2) is 0 Å². The van der Waals surface area contributed by atoms with Crippen molar-refractivity contribution in [1.29, 1.82) is 0 Å². The first kappa shape index (κ1) is 21.9. The Labute approximate surface area is 184 Å². The number of methoxy groups -OCH3 is 1. The summed E-state index contributed by atoms with van der Waals surface area (Å²) in [6, 6.07) is 13.1. The lowest BCUT2D eigenvalue weighted by molar-refractivity contribution is -0.127. The molecule has 0 radical (unpaired) electrons. The topological polar surface area (TPSA) is 62.2 Å². The number of ether oxygens (including phenoxy) is 2. The maximum absolute atomic E-state index is 9.21. The number of aryl methyl sites for hydroxylation is 3. The van der Waals surface area contributed by atoms with Gasteiger partial charge < -0.3 is 19.7 Å². The molecule has 0 saturated carbocycles. The summed E-state index contributed by atoms with van der Waals surface area (Å²) < 4.78 is 11.7. The van der Waals surface area contributed by atoms with Gasteiger partial charge in [-0.2, -0.15) is 0 Å². The van der Waals surface area contributed by atoms with Crippen molar-refractivity contribution >= 4 is 6.08 Å². The van der Waals surface area contributed by atoms with Gasteiger partial charge in [0, 0.05) is 31.1 Å². The maximum Gasteiger partial charge on any atom is 0.156 e. The quantitative estimate of drug-likeness (QED) is 0.605. The van der Waals surface area contributed by atoms with Crippen molar-refractivity contribution in [2.75, 3.05) is 33.4 Å². The minimum absolute atomic E-state index is 0.0265. The van der Waals surface area contributed by atoms with Crippen molar-refractivity contribution in [1.82, 2.24) is 4.90 Å². The Balaban J connectivity index is 1.36.